The molecule has 0 radical (unpaired) electrons. The van der Waals surface area contributed by atoms with Crippen LogP contribution in [-0.2, 0) is 0 Å². The number of hydrogen-bond donors (Lipinski definition) is 1. The molecule has 0 bridgehead atoms. The Kier molecular flexibility index (Phi) is 5.39. The second-order valence-electron chi connectivity index (χ2n) is 4.72. The molecule has 0 heterocycles. The Morgan fingerprint density at radius 1 is 1.12 bits per heavy atom. The highest BCUT2D eigenvalue weighted by Crippen LogP contribution is 2.35. The third kappa shape index (κ3) is 5.35. The maximum absolute atomic E-state index is 5.99. The molecule has 0 aliphatic rings. The molecule has 1 N–H and O–H groups in total. The van der Waals surface area contributed by atoms with E-state index in [0.29, 0.717) is 27.4 Å². The Hall–Kier alpha value is -0.150. The third-order valence-electron chi connectivity index (χ3n) is 1.97. The van der Waals surface area contributed by atoms with Crippen LogP contribution in [0.3, 0.4) is 0 Å². The van der Waals surface area contributed by atoms with Crippen molar-refractivity contribution in [3.63, 3.8) is 0 Å². The Bertz CT molecular complexity index is 365. The lowest BCUT2D eigenvalue weighted by molar-refractivity contribution is 0.291. The van der Waals surface area contributed by atoms with Crippen LogP contribution in [0.2, 0.25) is 15.1 Å². The predicted molar refractivity (Wildman–Crippen MR) is 74.7 cm³/mol. The highest BCUT2D eigenvalue weighted by molar-refractivity contribution is 6.40. The van der Waals surface area contributed by atoms with E-state index < -0.39 is 0 Å². The number of ether oxygens (including phenoxy) is 1. The van der Waals surface area contributed by atoms with Crippen molar-refractivity contribution in [2.75, 3.05) is 13.2 Å². The van der Waals surface area contributed by atoms with E-state index in [0.717, 1.165) is 6.54 Å². The Morgan fingerprint density at radius 3 is 2.12 bits per heavy atom. The van der Waals surface area contributed by atoms with Gasteiger partial charge in [0.1, 0.15) is 6.61 Å². The van der Waals surface area contributed by atoms with Gasteiger partial charge in [-0.25, -0.2) is 0 Å². The minimum Gasteiger partial charge on any atom is -0.489 e. The van der Waals surface area contributed by atoms with Gasteiger partial charge < -0.3 is 10.1 Å². The molecule has 0 aromatic heterocycles. The van der Waals surface area contributed by atoms with Crippen molar-refractivity contribution >= 4 is 34.8 Å². The first-order valence-corrected chi connectivity index (χ1v) is 6.45. The van der Waals surface area contributed by atoms with Crippen LogP contribution in [-0.4, -0.2) is 18.7 Å². The minimum atomic E-state index is 0.0664. The molecule has 1 aromatic rings. The van der Waals surface area contributed by atoms with Gasteiger partial charge in [-0.3, -0.25) is 0 Å². The molecule has 0 atom stereocenters. The van der Waals surface area contributed by atoms with E-state index >= 15 is 0 Å². The van der Waals surface area contributed by atoms with E-state index in [9.17, 15) is 0 Å². The summed E-state index contributed by atoms with van der Waals surface area (Å²) in [7, 11) is 0. The normalized spacial score (nSPS) is 11.6. The lowest BCUT2D eigenvalue weighted by atomic mass is 10.1. The molecule has 0 saturated heterocycles. The molecule has 0 saturated carbocycles. The fraction of sp³-hybridized carbons (Fsp3) is 0.500. The summed E-state index contributed by atoms with van der Waals surface area (Å²) >= 11 is 17.8. The van der Waals surface area contributed by atoms with Gasteiger partial charge in [0.05, 0.1) is 10.0 Å². The summed E-state index contributed by atoms with van der Waals surface area (Å²) < 4.78 is 5.53. The van der Waals surface area contributed by atoms with E-state index in [-0.39, 0.29) is 5.54 Å². The average Bonchev–Trinajstić information content (AvgIpc) is 2.13. The molecule has 5 heteroatoms. The van der Waals surface area contributed by atoms with Gasteiger partial charge in [-0.1, -0.05) is 34.8 Å². The van der Waals surface area contributed by atoms with Gasteiger partial charge in [0.15, 0.2) is 5.75 Å². The van der Waals surface area contributed by atoms with E-state index in [1.165, 1.54) is 0 Å². The van der Waals surface area contributed by atoms with Gasteiger partial charge in [0.25, 0.3) is 0 Å². The molecule has 0 fully saturated rings. The SMILES string of the molecule is CC(C)(C)NCCOc1c(Cl)cc(Cl)cc1Cl. The summed E-state index contributed by atoms with van der Waals surface area (Å²) in [4.78, 5) is 0. The first-order chi connectivity index (χ1) is 7.79. The monoisotopic (exact) mass is 295 g/mol. The molecular weight excluding hydrogens is 280 g/mol. The summed E-state index contributed by atoms with van der Waals surface area (Å²) in [5.41, 5.74) is 0.0664. The Morgan fingerprint density at radius 2 is 1.65 bits per heavy atom. The smallest absolute Gasteiger partial charge is 0.156 e. The molecule has 96 valence electrons. The van der Waals surface area contributed by atoms with E-state index in [4.69, 9.17) is 39.5 Å². The number of nitrogens with one attached hydrogen (secondary N) is 1. The summed E-state index contributed by atoms with van der Waals surface area (Å²) in [6, 6.07) is 3.23. The van der Waals surface area contributed by atoms with Gasteiger partial charge in [-0.05, 0) is 32.9 Å². The molecule has 0 amide bonds. The molecule has 0 unspecified atom stereocenters. The molecule has 17 heavy (non-hydrogen) atoms. The molecular formula is C12H16Cl3NO. The van der Waals surface area contributed by atoms with Crippen molar-refractivity contribution in [2.45, 2.75) is 26.3 Å². The lowest BCUT2D eigenvalue weighted by Gasteiger charge is -2.20. The maximum atomic E-state index is 5.99. The minimum absolute atomic E-state index is 0.0664. The van der Waals surface area contributed by atoms with Crippen LogP contribution in [0.15, 0.2) is 12.1 Å². The van der Waals surface area contributed by atoms with E-state index in [2.05, 4.69) is 26.1 Å². The summed E-state index contributed by atoms with van der Waals surface area (Å²) in [5, 5.41) is 4.66. The summed E-state index contributed by atoms with van der Waals surface area (Å²) in [6.45, 7) is 7.50. The van der Waals surface area contributed by atoms with Crippen LogP contribution in [0.1, 0.15) is 20.8 Å². The highest BCUT2D eigenvalue weighted by Gasteiger charge is 2.11. The quantitative estimate of drug-likeness (QED) is 0.831. The highest BCUT2D eigenvalue weighted by atomic mass is 35.5. The number of benzene rings is 1. The van der Waals surface area contributed by atoms with Crippen LogP contribution in [0.4, 0.5) is 0 Å². The topological polar surface area (TPSA) is 21.3 Å². The van der Waals surface area contributed by atoms with Crippen molar-refractivity contribution in [1.82, 2.24) is 5.32 Å². The van der Waals surface area contributed by atoms with Crippen molar-refractivity contribution in [3.8, 4) is 5.75 Å². The predicted octanol–water partition coefficient (Wildman–Crippen LogP) is 4.41. The van der Waals surface area contributed by atoms with E-state index in [1.54, 1.807) is 12.1 Å². The largest absolute Gasteiger partial charge is 0.489 e. The zero-order valence-corrected chi connectivity index (χ0v) is 12.4. The van der Waals surface area contributed by atoms with Crippen molar-refractivity contribution < 1.29 is 4.74 Å². The molecule has 0 aliphatic heterocycles. The number of rotatable bonds is 4. The summed E-state index contributed by atoms with van der Waals surface area (Å²) in [5.74, 6) is 0.480. The second kappa shape index (κ2) is 6.14. The van der Waals surface area contributed by atoms with Crippen molar-refractivity contribution in [2.24, 2.45) is 0 Å². The standard InChI is InChI=1S/C12H16Cl3NO/c1-12(2,3)16-4-5-17-11-9(14)6-8(13)7-10(11)15/h6-7,16H,4-5H2,1-3H3. The fourth-order valence-electron chi connectivity index (χ4n) is 1.25. The summed E-state index contributed by atoms with van der Waals surface area (Å²) in [6.07, 6.45) is 0. The van der Waals surface area contributed by atoms with Crippen LogP contribution in [0.25, 0.3) is 0 Å². The molecule has 1 rings (SSSR count). The molecule has 0 aliphatic carbocycles. The third-order valence-corrected chi connectivity index (χ3v) is 2.75. The second-order valence-corrected chi connectivity index (χ2v) is 5.97. The van der Waals surface area contributed by atoms with Gasteiger partial charge in [0, 0.05) is 17.1 Å². The van der Waals surface area contributed by atoms with Gasteiger partial charge >= 0.3 is 0 Å². The van der Waals surface area contributed by atoms with Gasteiger partial charge in [-0.2, -0.15) is 0 Å². The van der Waals surface area contributed by atoms with Crippen LogP contribution in [0.5, 0.6) is 5.75 Å². The van der Waals surface area contributed by atoms with Crippen molar-refractivity contribution in [3.05, 3.63) is 27.2 Å². The van der Waals surface area contributed by atoms with Gasteiger partial charge in [0.2, 0.25) is 0 Å². The Balaban J connectivity index is 2.53. The Labute approximate surface area is 117 Å². The van der Waals surface area contributed by atoms with E-state index in [1.807, 2.05) is 0 Å². The molecule has 0 spiro atoms. The zero-order valence-electron chi connectivity index (χ0n) is 10.1. The average molecular weight is 297 g/mol. The van der Waals surface area contributed by atoms with Crippen molar-refractivity contribution in [1.29, 1.82) is 0 Å². The van der Waals surface area contributed by atoms with Crippen LogP contribution < -0.4 is 10.1 Å². The zero-order chi connectivity index (χ0) is 13.1. The van der Waals surface area contributed by atoms with Crippen LogP contribution >= 0.6 is 34.8 Å². The maximum Gasteiger partial charge on any atom is 0.156 e. The molecule has 2 nitrogen and oxygen atoms in total. The van der Waals surface area contributed by atoms with Crippen LogP contribution in [0, 0.1) is 0 Å². The fourth-order valence-corrected chi connectivity index (χ4v) is 2.17. The number of halogens is 3. The first-order valence-electron chi connectivity index (χ1n) is 5.32. The van der Waals surface area contributed by atoms with Gasteiger partial charge in [-0.15, -0.1) is 0 Å². The first kappa shape index (κ1) is 14.9. The molecule has 1 aromatic carbocycles. The number of hydrogen-bond acceptors (Lipinski definition) is 2. The lowest BCUT2D eigenvalue weighted by Crippen LogP contribution is -2.38.